The molecular weight excluding hydrogens is 283 g/mol. The molecular formula is C13H10ClFN4O. The molecule has 5 nitrogen and oxygen atoms in total. The number of benzene rings is 1. The van der Waals surface area contributed by atoms with E-state index < -0.39 is 5.82 Å². The topological polar surface area (TPSA) is 77.0 Å². The van der Waals surface area contributed by atoms with Crippen LogP contribution < -0.4 is 5.73 Å². The van der Waals surface area contributed by atoms with Crippen molar-refractivity contribution in [3.8, 4) is 5.69 Å². The fraction of sp³-hybridized carbons (Fsp3) is 0.0769. The summed E-state index contributed by atoms with van der Waals surface area (Å²) in [5.41, 5.74) is 7.13. The summed E-state index contributed by atoms with van der Waals surface area (Å²) in [4.78, 5) is 8.04. The van der Waals surface area contributed by atoms with Crippen molar-refractivity contribution >= 4 is 28.5 Å². The van der Waals surface area contributed by atoms with Crippen LogP contribution in [0.3, 0.4) is 0 Å². The SMILES string of the molecule is Nc1ncnc2c1c(Cl)cn2-c1ccc(F)c(CO)c1. The second-order valence-electron chi connectivity index (χ2n) is 4.24. The molecule has 0 atom stereocenters. The molecule has 0 saturated carbocycles. The van der Waals surface area contributed by atoms with E-state index in [0.29, 0.717) is 21.7 Å². The van der Waals surface area contributed by atoms with Crippen molar-refractivity contribution in [3.63, 3.8) is 0 Å². The maximum Gasteiger partial charge on any atom is 0.151 e. The van der Waals surface area contributed by atoms with Gasteiger partial charge in [-0.05, 0) is 18.2 Å². The number of halogens is 2. The van der Waals surface area contributed by atoms with Crippen LogP contribution in [0.2, 0.25) is 5.02 Å². The highest BCUT2D eigenvalue weighted by molar-refractivity contribution is 6.36. The Kier molecular flexibility index (Phi) is 3.04. The highest BCUT2D eigenvalue weighted by atomic mass is 35.5. The third-order valence-corrected chi connectivity index (χ3v) is 3.33. The highest BCUT2D eigenvalue weighted by Gasteiger charge is 2.14. The van der Waals surface area contributed by atoms with E-state index in [1.807, 2.05) is 0 Å². The summed E-state index contributed by atoms with van der Waals surface area (Å²) in [6, 6.07) is 4.39. The van der Waals surface area contributed by atoms with Crippen LogP contribution in [0.25, 0.3) is 16.7 Å². The standard InChI is InChI=1S/C13H10ClFN4O/c14-9-4-19(13-11(9)12(16)17-6-18-13)8-1-2-10(15)7(3-8)5-20/h1-4,6,20H,5H2,(H2,16,17,18). The van der Waals surface area contributed by atoms with Crippen molar-refractivity contribution in [1.82, 2.24) is 14.5 Å². The third kappa shape index (κ3) is 1.90. The summed E-state index contributed by atoms with van der Waals surface area (Å²) in [7, 11) is 0. The van der Waals surface area contributed by atoms with E-state index >= 15 is 0 Å². The summed E-state index contributed by atoms with van der Waals surface area (Å²) in [5.74, 6) is -0.184. The van der Waals surface area contributed by atoms with E-state index in [0.717, 1.165) is 0 Å². The lowest BCUT2D eigenvalue weighted by molar-refractivity contribution is 0.275. The molecule has 0 unspecified atom stereocenters. The molecule has 3 N–H and O–H groups in total. The Labute approximate surface area is 118 Å². The van der Waals surface area contributed by atoms with Gasteiger partial charge < -0.3 is 10.8 Å². The van der Waals surface area contributed by atoms with Crippen molar-refractivity contribution in [2.24, 2.45) is 0 Å². The maximum absolute atomic E-state index is 13.4. The van der Waals surface area contributed by atoms with Crippen LogP contribution >= 0.6 is 11.6 Å². The normalized spacial score (nSPS) is 11.2. The molecule has 2 heterocycles. The maximum atomic E-state index is 13.4. The number of anilines is 1. The summed E-state index contributed by atoms with van der Waals surface area (Å²) < 4.78 is 15.1. The molecule has 102 valence electrons. The number of nitrogens with zero attached hydrogens (tertiary/aromatic N) is 3. The number of hydrogen-bond donors (Lipinski definition) is 2. The lowest BCUT2D eigenvalue weighted by atomic mass is 10.2. The summed E-state index contributed by atoms with van der Waals surface area (Å²) in [6.45, 7) is -0.385. The minimum atomic E-state index is -0.465. The number of hydrogen-bond acceptors (Lipinski definition) is 4. The Hall–Kier alpha value is -2.18. The Morgan fingerprint density at radius 3 is 2.90 bits per heavy atom. The van der Waals surface area contributed by atoms with E-state index in [2.05, 4.69) is 9.97 Å². The van der Waals surface area contributed by atoms with E-state index in [1.165, 1.54) is 18.5 Å². The van der Waals surface area contributed by atoms with Crippen molar-refractivity contribution < 1.29 is 9.50 Å². The van der Waals surface area contributed by atoms with Gasteiger partial charge >= 0.3 is 0 Å². The summed E-state index contributed by atoms with van der Waals surface area (Å²) in [6.07, 6.45) is 2.96. The Balaban J connectivity index is 2.28. The van der Waals surface area contributed by atoms with Crippen molar-refractivity contribution in [3.05, 3.63) is 47.1 Å². The number of nitrogen functional groups attached to an aromatic ring is 1. The second kappa shape index (κ2) is 4.73. The minimum absolute atomic E-state index is 0.197. The zero-order valence-electron chi connectivity index (χ0n) is 10.2. The quantitative estimate of drug-likeness (QED) is 0.760. The number of rotatable bonds is 2. The first-order valence-electron chi connectivity index (χ1n) is 5.78. The molecule has 0 aliphatic heterocycles. The van der Waals surface area contributed by atoms with Crippen molar-refractivity contribution in [2.45, 2.75) is 6.61 Å². The van der Waals surface area contributed by atoms with Crippen LogP contribution in [-0.2, 0) is 6.61 Å². The van der Waals surface area contributed by atoms with Gasteiger partial charge in [-0.25, -0.2) is 14.4 Å². The second-order valence-corrected chi connectivity index (χ2v) is 4.65. The number of fused-ring (bicyclic) bond motifs is 1. The van der Waals surface area contributed by atoms with Gasteiger partial charge in [0, 0.05) is 17.4 Å². The van der Waals surface area contributed by atoms with Gasteiger partial charge in [-0.15, -0.1) is 0 Å². The predicted octanol–water partition coefficient (Wildman–Crippen LogP) is 2.29. The molecule has 0 aliphatic rings. The monoisotopic (exact) mass is 292 g/mol. The van der Waals surface area contributed by atoms with Crippen LogP contribution in [0.1, 0.15) is 5.56 Å². The van der Waals surface area contributed by atoms with Crippen LogP contribution in [-0.4, -0.2) is 19.6 Å². The number of aromatic nitrogens is 3. The van der Waals surface area contributed by atoms with Gasteiger partial charge in [0.15, 0.2) is 5.65 Å². The van der Waals surface area contributed by atoms with Gasteiger partial charge in [-0.2, -0.15) is 0 Å². The van der Waals surface area contributed by atoms with Gasteiger partial charge in [0.2, 0.25) is 0 Å². The van der Waals surface area contributed by atoms with Crippen LogP contribution in [0, 0.1) is 5.82 Å². The zero-order chi connectivity index (χ0) is 14.3. The molecule has 3 rings (SSSR count). The fourth-order valence-electron chi connectivity index (χ4n) is 2.07. The smallest absolute Gasteiger partial charge is 0.151 e. The van der Waals surface area contributed by atoms with Crippen LogP contribution in [0.15, 0.2) is 30.7 Å². The Bertz CT molecular complexity index is 802. The van der Waals surface area contributed by atoms with E-state index in [9.17, 15) is 4.39 Å². The van der Waals surface area contributed by atoms with Gasteiger partial charge in [-0.1, -0.05) is 11.6 Å². The average molecular weight is 293 g/mol. The molecule has 1 aromatic carbocycles. The van der Waals surface area contributed by atoms with E-state index in [1.54, 1.807) is 16.8 Å². The number of aliphatic hydroxyl groups excluding tert-OH is 1. The molecule has 0 spiro atoms. The molecule has 3 aromatic rings. The molecule has 0 aliphatic carbocycles. The fourth-order valence-corrected chi connectivity index (χ4v) is 2.35. The molecule has 2 aromatic heterocycles. The minimum Gasteiger partial charge on any atom is -0.392 e. The largest absolute Gasteiger partial charge is 0.392 e. The van der Waals surface area contributed by atoms with Crippen molar-refractivity contribution in [2.75, 3.05) is 5.73 Å². The number of aliphatic hydroxyl groups is 1. The first-order valence-corrected chi connectivity index (χ1v) is 6.16. The van der Waals surface area contributed by atoms with Gasteiger partial charge in [0.25, 0.3) is 0 Å². The lowest BCUT2D eigenvalue weighted by Gasteiger charge is -2.07. The number of nitrogens with two attached hydrogens (primary N) is 1. The molecule has 20 heavy (non-hydrogen) atoms. The zero-order valence-corrected chi connectivity index (χ0v) is 11.0. The lowest BCUT2D eigenvalue weighted by Crippen LogP contribution is -1.99. The average Bonchev–Trinajstić information content (AvgIpc) is 2.78. The first-order chi connectivity index (χ1) is 9.61. The van der Waals surface area contributed by atoms with Crippen LogP contribution in [0.4, 0.5) is 10.2 Å². The molecule has 0 saturated heterocycles. The van der Waals surface area contributed by atoms with E-state index in [-0.39, 0.29) is 18.0 Å². The summed E-state index contributed by atoms with van der Waals surface area (Å²) in [5, 5.41) is 10.1. The molecule has 0 fully saturated rings. The first kappa shape index (κ1) is 12.8. The van der Waals surface area contributed by atoms with Gasteiger partial charge in [0.1, 0.15) is 18.0 Å². The molecule has 0 bridgehead atoms. The van der Waals surface area contributed by atoms with Gasteiger partial charge in [-0.3, -0.25) is 4.57 Å². The molecule has 0 radical (unpaired) electrons. The summed E-state index contributed by atoms with van der Waals surface area (Å²) >= 11 is 6.13. The third-order valence-electron chi connectivity index (χ3n) is 3.04. The van der Waals surface area contributed by atoms with Crippen LogP contribution in [0.5, 0.6) is 0 Å². The van der Waals surface area contributed by atoms with Crippen molar-refractivity contribution in [1.29, 1.82) is 0 Å². The molecule has 0 amide bonds. The predicted molar refractivity (Wildman–Crippen MR) is 74.2 cm³/mol. The molecule has 7 heteroatoms. The van der Waals surface area contributed by atoms with Gasteiger partial charge in [0.05, 0.1) is 17.0 Å². The highest BCUT2D eigenvalue weighted by Crippen LogP contribution is 2.30. The Morgan fingerprint density at radius 2 is 2.15 bits per heavy atom. The van der Waals surface area contributed by atoms with E-state index in [4.69, 9.17) is 22.4 Å². The Morgan fingerprint density at radius 1 is 1.35 bits per heavy atom.